The number of ether oxygens (including phenoxy) is 1. The van der Waals surface area contributed by atoms with Crippen molar-refractivity contribution < 1.29 is 19.2 Å². The minimum atomic E-state index is -0.552. The van der Waals surface area contributed by atoms with Crippen LogP contribution in [0.4, 0.5) is 11.4 Å². The average molecular weight is 453 g/mol. The zero-order valence-corrected chi connectivity index (χ0v) is 19.0. The fourth-order valence-corrected chi connectivity index (χ4v) is 3.88. The van der Waals surface area contributed by atoms with Crippen molar-refractivity contribution in [3.05, 3.63) is 75.3 Å². The van der Waals surface area contributed by atoms with Crippen molar-refractivity contribution in [1.29, 1.82) is 0 Å². The zero-order valence-electron chi connectivity index (χ0n) is 19.0. The molecule has 3 heterocycles. The van der Waals surface area contributed by atoms with E-state index < -0.39 is 4.92 Å². The second-order valence-corrected chi connectivity index (χ2v) is 7.99. The Kier molecular flexibility index (Phi) is 7.13. The Labute approximate surface area is 192 Å². The smallest absolute Gasteiger partial charge is 0.282 e. The Hall–Kier alpha value is -3.72. The van der Waals surface area contributed by atoms with E-state index in [-0.39, 0.29) is 29.1 Å². The number of nitrogens with two attached hydrogens (primary N) is 1. The van der Waals surface area contributed by atoms with Gasteiger partial charge in [-0.15, -0.1) is 0 Å². The first-order valence-electron chi connectivity index (χ1n) is 10.6. The molecule has 3 aliphatic rings. The third-order valence-electron chi connectivity index (χ3n) is 5.99. The summed E-state index contributed by atoms with van der Waals surface area (Å²) in [5.74, 6) is -0.345. The molecule has 0 spiro atoms. The van der Waals surface area contributed by atoms with Gasteiger partial charge in [-0.2, -0.15) is 0 Å². The highest BCUT2D eigenvalue weighted by atomic mass is 16.6. The average Bonchev–Trinajstić information content (AvgIpc) is 3.51. The summed E-state index contributed by atoms with van der Waals surface area (Å²) in [5, 5.41) is 10.7. The van der Waals surface area contributed by atoms with Gasteiger partial charge in [-0.3, -0.25) is 19.7 Å². The van der Waals surface area contributed by atoms with Crippen molar-refractivity contribution in [1.82, 2.24) is 9.80 Å². The Bertz CT molecular complexity index is 1100. The topological polar surface area (TPSA) is 119 Å². The van der Waals surface area contributed by atoms with Gasteiger partial charge in [0.25, 0.3) is 17.5 Å². The number of nitrogens with zero attached hydrogens (tertiary/aromatic N) is 3. The number of hydrogen-bond donors (Lipinski definition) is 1. The second-order valence-electron chi connectivity index (χ2n) is 7.99. The van der Waals surface area contributed by atoms with E-state index in [0.717, 1.165) is 18.8 Å². The number of benzene rings is 2. The zero-order chi connectivity index (χ0) is 24.3. The van der Waals surface area contributed by atoms with Crippen LogP contribution in [0.1, 0.15) is 57.7 Å². The van der Waals surface area contributed by atoms with Crippen LogP contribution in [0, 0.1) is 10.1 Å². The van der Waals surface area contributed by atoms with Crippen molar-refractivity contribution in [3.8, 4) is 0 Å². The third-order valence-corrected chi connectivity index (χ3v) is 5.99. The molecule has 2 N–H and O–H groups in total. The molecule has 5 rings (SSSR count). The quantitative estimate of drug-likeness (QED) is 0.399. The molecular formula is C24H28N4O5. The van der Waals surface area contributed by atoms with Crippen molar-refractivity contribution in [2.75, 3.05) is 33.0 Å². The normalized spacial score (nSPS) is 18.3. The van der Waals surface area contributed by atoms with E-state index in [0.29, 0.717) is 22.5 Å². The van der Waals surface area contributed by atoms with E-state index in [1.54, 1.807) is 37.2 Å². The number of carbonyl (C=O) groups is 2. The van der Waals surface area contributed by atoms with Gasteiger partial charge in [-0.1, -0.05) is 30.8 Å². The molecule has 1 unspecified atom stereocenters. The first-order valence-corrected chi connectivity index (χ1v) is 10.6. The number of rotatable bonds is 1. The Balaban J connectivity index is 0.000000155. The minimum Gasteiger partial charge on any atom is -0.398 e. The van der Waals surface area contributed by atoms with Crippen LogP contribution in [0.2, 0.25) is 0 Å². The third kappa shape index (κ3) is 4.58. The summed E-state index contributed by atoms with van der Waals surface area (Å²) in [6.07, 6.45) is 2.56. The molecular weight excluding hydrogens is 424 g/mol. The predicted octanol–water partition coefficient (Wildman–Crippen LogP) is 3.86. The molecule has 174 valence electrons. The Morgan fingerprint density at radius 1 is 1.06 bits per heavy atom. The summed E-state index contributed by atoms with van der Waals surface area (Å²) in [7, 11) is 3.35. The van der Waals surface area contributed by atoms with E-state index in [4.69, 9.17) is 10.5 Å². The van der Waals surface area contributed by atoms with E-state index in [1.165, 1.54) is 23.8 Å². The largest absolute Gasteiger partial charge is 0.398 e. The standard InChI is InChI=1S/C10H8N2O3.C10H12N2O.C4H8O/c1-6-7-4-3-5-8(12(14)15)9(7)10(13)11(6)2;1-6-7-4-3-5-8(11)9(7)10(13)12(6)2;1-2-4-5-3-1/h3-5H,1H2,2H3;3-6H,11H2,1-2H3;1-4H2. The molecule has 2 aromatic rings. The van der Waals surface area contributed by atoms with Crippen LogP contribution in [0.5, 0.6) is 0 Å². The number of nitro groups is 1. The fraction of sp³-hybridized carbons (Fsp3) is 0.333. The van der Waals surface area contributed by atoms with Gasteiger partial charge < -0.3 is 20.3 Å². The molecule has 2 amide bonds. The number of hydrogen-bond acceptors (Lipinski definition) is 6. The Morgan fingerprint density at radius 2 is 1.70 bits per heavy atom. The summed E-state index contributed by atoms with van der Waals surface area (Å²) in [4.78, 5) is 36.6. The number of amides is 2. The van der Waals surface area contributed by atoms with Gasteiger partial charge >= 0.3 is 0 Å². The molecule has 1 atom stereocenters. The highest BCUT2D eigenvalue weighted by molar-refractivity contribution is 6.11. The number of carbonyl (C=O) groups excluding carboxylic acids is 2. The van der Waals surface area contributed by atoms with E-state index in [2.05, 4.69) is 6.58 Å². The van der Waals surface area contributed by atoms with Gasteiger partial charge in [0.15, 0.2) is 0 Å². The summed E-state index contributed by atoms with van der Waals surface area (Å²) >= 11 is 0. The first-order chi connectivity index (χ1) is 15.7. The molecule has 1 saturated heterocycles. The van der Waals surface area contributed by atoms with Gasteiger partial charge in [-0.05, 0) is 31.4 Å². The molecule has 2 aromatic carbocycles. The molecule has 9 nitrogen and oxygen atoms in total. The molecule has 1 fully saturated rings. The maximum Gasteiger partial charge on any atom is 0.282 e. The summed E-state index contributed by atoms with van der Waals surface area (Å²) < 4.78 is 4.94. The van der Waals surface area contributed by atoms with Crippen LogP contribution in [0.25, 0.3) is 5.70 Å². The second kappa shape index (κ2) is 9.83. The number of anilines is 1. The summed E-state index contributed by atoms with van der Waals surface area (Å²) in [6.45, 7) is 7.71. The van der Waals surface area contributed by atoms with Crippen LogP contribution in [0.3, 0.4) is 0 Å². The van der Waals surface area contributed by atoms with Gasteiger partial charge in [0.2, 0.25) is 0 Å². The van der Waals surface area contributed by atoms with Crippen LogP contribution in [-0.2, 0) is 4.74 Å². The molecule has 0 saturated carbocycles. The van der Waals surface area contributed by atoms with E-state index >= 15 is 0 Å². The lowest BCUT2D eigenvalue weighted by molar-refractivity contribution is -0.385. The number of nitrogen functional groups attached to an aromatic ring is 1. The van der Waals surface area contributed by atoms with Gasteiger partial charge in [-0.25, -0.2) is 0 Å². The van der Waals surface area contributed by atoms with Crippen molar-refractivity contribution in [3.63, 3.8) is 0 Å². The molecule has 0 aliphatic carbocycles. The molecule has 0 radical (unpaired) electrons. The summed E-state index contributed by atoms with van der Waals surface area (Å²) in [6, 6.07) is 10.3. The molecule has 3 aliphatic heterocycles. The molecule has 0 bridgehead atoms. The van der Waals surface area contributed by atoms with Gasteiger partial charge in [0.1, 0.15) is 5.56 Å². The van der Waals surface area contributed by atoms with Crippen LogP contribution < -0.4 is 5.73 Å². The van der Waals surface area contributed by atoms with Gasteiger partial charge in [0.05, 0.1) is 16.5 Å². The molecule has 9 heteroatoms. The lowest BCUT2D eigenvalue weighted by atomic mass is 10.0. The molecule has 33 heavy (non-hydrogen) atoms. The lowest BCUT2D eigenvalue weighted by Gasteiger charge is -2.14. The maximum atomic E-state index is 11.7. The van der Waals surface area contributed by atoms with Crippen LogP contribution in [0.15, 0.2) is 43.0 Å². The Morgan fingerprint density at radius 3 is 2.24 bits per heavy atom. The van der Waals surface area contributed by atoms with Crippen molar-refractivity contribution >= 4 is 28.9 Å². The lowest BCUT2D eigenvalue weighted by Crippen LogP contribution is -2.21. The maximum absolute atomic E-state index is 11.7. The summed E-state index contributed by atoms with van der Waals surface area (Å²) in [5.41, 5.74) is 9.04. The first kappa shape index (κ1) is 23.9. The predicted molar refractivity (Wildman–Crippen MR) is 126 cm³/mol. The monoisotopic (exact) mass is 452 g/mol. The van der Waals surface area contributed by atoms with E-state index in [1.807, 2.05) is 19.1 Å². The van der Waals surface area contributed by atoms with E-state index in [9.17, 15) is 19.7 Å². The molecule has 0 aromatic heterocycles. The van der Waals surface area contributed by atoms with Crippen LogP contribution >= 0.6 is 0 Å². The van der Waals surface area contributed by atoms with Crippen molar-refractivity contribution in [2.24, 2.45) is 0 Å². The fourth-order valence-electron chi connectivity index (χ4n) is 3.88. The highest BCUT2D eigenvalue weighted by Gasteiger charge is 2.35. The van der Waals surface area contributed by atoms with Crippen LogP contribution in [-0.4, -0.2) is 53.8 Å². The minimum absolute atomic E-state index is 0.0283. The van der Waals surface area contributed by atoms with Crippen molar-refractivity contribution in [2.45, 2.75) is 25.8 Å². The number of nitro benzene ring substituents is 1. The number of fused-ring (bicyclic) bond motifs is 2. The van der Waals surface area contributed by atoms with Gasteiger partial charge in [0, 0.05) is 50.3 Å². The SMILES string of the molecule is C1CCOC1.C=C1c2cccc([N+](=O)[O-])c2C(=O)N1C.CC1c2cccc(N)c2C(=O)N1C. The highest BCUT2D eigenvalue weighted by Crippen LogP contribution is 2.36.